The van der Waals surface area contributed by atoms with Gasteiger partial charge >= 0.3 is 0 Å². The van der Waals surface area contributed by atoms with Crippen molar-refractivity contribution in [3.8, 4) is 5.75 Å². The van der Waals surface area contributed by atoms with Crippen LogP contribution in [-0.4, -0.2) is 62.8 Å². The maximum atomic E-state index is 12.1. The molecule has 31 heavy (non-hydrogen) atoms. The average Bonchev–Trinajstić information content (AvgIpc) is 3.42. The Hall–Kier alpha value is -1.55. The molecule has 2 heterocycles. The molecule has 2 unspecified atom stereocenters. The van der Waals surface area contributed by atoms with Gasteiger partial charge in [0, 0.05) is 45.1 Å². The summed E-state index contributed by atoms with van der Waals surface area (Å²) >= 11 is 0. The standard InChI is InChI=1S/C23H34N4O3.HI/c1-27(2)21(28)15-25-22(24-14-17-9-12-29-16-17)26-19-13-23(10-5-6-11-23)30-20-8-4-3-7-18(19)20;/h3-4,7-8,17,19H,5-6,9-16H2,1-2H3,(H2,24,25,26);1H. The number of likely N-dealkylation sites (N-methyl/N-ethyl adjacent to an activating group) is 1. The fourth-order valence-electron chi connectivity index (χ4n) is 4.66. The number of fused-ring (bicyclic) bond motifs is 1. The molecule has 2 atom stereocenters. The number of hydrogen-bond acceptors (Lipinski definition) is 4. The van der Waals surface area contributed by atoms with Crippen molar-refractivity contribution in [2.24, 2.45) is 10.9 Å². The van der Waals surface area contributed by atoms with E-state index in [0.717, 1.165) is 56.8 Å². The van der Waals surface area contributed by atoms with E-state index < -0.39 is 0 Å². The number of nitrogens with zero attached hydrogens (tertiary/aromatic N) is 2. The summed E-state index contributed by atoms with van der Waals surface area (Å²) < 4.78 is 12.0. The quantitative estimate of drug-likeness (QED) is 0.340. The summed E-state index contributed by atoms with van der Waals surface area (Å²) in [5.74, 6) is 2.12. The van der Waals surface area contributed by atoms with Crippen LogP contribution in [0.15, 0.2) is 29.3 Å². The van der Waals surface area contributed by atoms with Gasteiger partial charge in [-0.1, -0.05) is 18.2 Å². The van der Waals surface area contributed by atoms with Gasteiger partial charge in [0.1, 0.15) is 17.9 Å². The van der Waals surface area contributed by atoms with E-state index in [1.807, 2.05) is 6.07 Å². The molecule has 1 amide bonds. The predicted octanol–water partition coefficient (Wildman–Crippen LogP) is 3.10. The zero-order chi connectivity index (χ0) is 21.0. The Balaban J connectivity index is 0.00000272. The second kappa shape index (κ2) is 10.8. The van der Waals surface area contributed by atoms with Crippen LogP contribution in [0.5, 0.6) is 5.75 Å². The third-order valence-electron chi connectivity index (χ3n) is 6.48. The number of para-hydroxylation sites is 1. The van der Waals surface area contributed by atoms with Crippen LogP contribution in [0.1, 0.15) is 50.1 Å². The molecular formula is C23H35IN4O3. The fourth-order valence-corrected chi connectivity index (χ4v) is 4.66. The first-order valence-corrected chi connectivity index (χ1v) is 11.2. The van der Waals surface area contributed by atoms with Crippen molar-refractivity contribution in [1.82, 2.24) is 15.5 Å². The third-order valence-corrected chi connectivity index (χ3v) is 6.48. The maximum absolute atomic E-state index is 12.1. The molecule has 172 valence electrons. The molecule has 1 spiro atoms. The van der Waals surface area contributed by atoms with E-state index in [4.69, 9.17) is 9.47 Å². The van der Waals surface area contributed by atoms with Crippen molar-refractivity contribution >= 4 is 35.8 Å². The second-order valence-corrected chi connectivity index (χ2v) is 8.99. The normalized spacial score (nSPS) is 24.1. The second-order valence-electron chi connectivity index (χ2n) is 8.99. The minimum atomic E-state index is -0.0874. The minimum Gasteiger partial charge on any atom is -0.487 e. The van der Waals surface area contributed by atoms with Gasteiger partial charge in [-0.25, -0.2) is 4.99 Å². The Kier molecular flexibility index (Phi) is 8.43. The Bertz CT molecular complexity index is 774. The van der Waals surface area contributed by atoms with Crippen LogP contribution in [0.3, 0.4) is 0 Å². The molecule has 1 aromatic rings. The van der Waals surface area contributed by atoms with E-state index in [0.29, 0.717) is 11.9 Å². The lowest BCUT2D eigenvalue weighted by Gasteiger charge is -2.40. The van der Waals surface area contributed by atoms with E-state index in [-0.39, 0.29) is 48.1 Å². The van der Waals surface area contributed by atoms with E-state index >= 15 is 0 Å². The number of carbonyl (C=O) groups excluding carboxylic acids is 1. The largest absolute Gasteiger partial charge is 0.487 e. The summed E-state index contributed by atoms with van der Waals surface area (Å²) in [6.45, 7) is 2.51. The number of halogens is 1. The van der Waals surface area contributed by atoms with Crippen molar-refractivity contribution in [1.29, 1.82) is 0 Å². The van der Waals surface area contributed by atoms with Crippen molar-refractivity contribution in [3.63, 3.8) is 0 Å². The molecule has 2 fully saturated rings. The molecule has 1 aromatic carbocycles. The van der Waals surface area contributed by atoms with Crippen molar-refractivity contribution in [3.05, 3.63) is 29.8 Å². The number of carbonyl (C=O) groups is 1. The highest BCUT2D eigenvalue weighted by Gasteiger charge is 2.43. The van der Waals surface area contributed by atoms with E-state index in [1.54, 1.807) is 19.0 Å². The number of aliphatic imine (C=N–C) groups is 1. The molecule has 1 aliphatic carbocycles. The minimum absolute atomic E-state index is 0. The maximum Gasteiger partial charge on any atom is 0.243 e. The fraction of sp³-hybridized carbons (Fsp3) is 0.652. The molecule has 3 aliphatic rings. The topological polar surface area (TPSA) is 75.2 Å². The average molecular weight is 542 g/mol. The summed E-state index contributed by atoms with van der Waals surface area (Å²) in [6.07, 6.45) is 6.59. The Labute approximate surface area is 202 Å². The zero-order valence-corrected chi connectivity index (χ0v) is 20.9. The number of benzene rings is 1. The lowest BCUT2D eigenvalue weighted by Crippen LogP contribution is -2.47. The van der Waals surface area contributed by atoms with Gasteiger partial charge in [0.05, 0.1) is 12.6 Å². The Morgan fingerprint density at radius 3 is 2.74 bits per heavy atom. The molecule has 8 heteroatoms. The molecule has 0 aromatic heterocycles. The molecule has 2 aliphatic heterocycles. The van der Waals surface area contributed by atoms with Gasteiger partial charge in [-0.2, -0.15) is 0 Å². The smallest absolute Gasteiger partial charge is 0.243 e. The monoisotopic (exact) mass is 542 g/mol. The molecule has 7 nitrogen and oxygen atoms in total. The van der Waals surface area contributed by atoms with Crippen molar-refractivity contribution in [2.45, 2.75) is 50.2 Å². The molecule has 4 rings (SSSR count). The first-order chi connectivity index (χ1) is 14.5. The van der Waals surface area contributed by atoms with Gasteiger partial charge in [0.2, 0.25) is 5.91 Å². The highest BCUT2D eigenvalue weighted by atomic mass is 127. The SMILES string of the molecule is CN(C)C(=O)CN=C(NCC1CCOC1)NC1CC2(CCCC2)Oc2ccccc21.I. The van der Waals surface area contributed by atoms with Crippen LogP contribution in [0.2, 0.25) is 0 Å². The highest BCUT2D eigenvalue weighted by molar-refractivity contribution is 14.0. The van der Waals surface area contributed by atoms with Crippen molar-refractivity contribution in [2.75, 3.05) is 40.4 Å². The third kappa shape index (κ3) is 6.03. The molecule has 1 saturated carbocycles. The first-order valence-electron chi connectivity index (χ1n) is 11.2. The van der Waals surface area contributed by atoms with Crippen molar-refractivity contribution < 1.29 is 14.3 Å². The summed E-state index contributed by atoms with van der Waals surface area (Å²) in [7, 11) is 3.51. The highest BCUT2D eigenvalue weighted by Crippen LogP contribution is 2.46. The summed E-state index contributed by atoms with van der Waals surface area (Å²) in [5, 5.41) is 7.09. The van der Waals surface area contributed by atoms with Crippen LogP contribution >= 0.6 is 24.0 Å². The number of rotatable bonds is 5. The van der Waals surface area contributed by atoms with Gasteiger partial charge < -0.3 is 25.0 Å². The predicted molar refractivity (Wildman–Crippen MR) is 132 cm³/mol. The Morgan fingerprint density at radius 2 is 2.03 bits per heavy atom. The number of amides is 1. The lowest BCUT2D eigenvalue weighted by atomic mass is 9.86. The number of nitrogens with one attached hydrogen (secondary N) is 2. The van der Waals surface area contributed by atoms with Gasteiger partial charge in [-0.15, -0.1) is 24.0 Å². The number of hydrogen-bond donors (Lipinski definition) is 2. The number of guanidine groups is 1. The summed E-state index contributed by atoms with van der Waals surface area (Å²) in [6, 6.07) is 8.39. The zero-order valence-electron chi connectivity index (χ0n) is 18.6. The Morgan fingerprint density at radius 1 is 1.26 bits per heavy atom. The van der Waals surface area contributed by atoms with Crippen LogP contribution in [0.25, 0.3) is 0 Å². The van der Waals surface area contributed by atoms with Gasteiger partial charge in [-0.3, -0.25) is 4.79 Å². The lowest BCUT2D eigenvalue weighted by molar-refractivity contribution is -0.127. The summed E-state index contributed by atoms with van der Waals surface area (Å²) in [5.41, 5.74) is 1.07. The van der Waals surface area contributed by atoms with Crippen LogP contribution in [-0.2, 0) is 9.53 Å². The van der Waals surface area contributed by atoms with E-state index in [9.17, 15) is 4.79 Å². The van der Waals surface area contributed by atoms with Gasteiger partial charge in [0.25, 0.3) is 0 Å². The van der Waals surface area contributed by atoms with E-state index in [2.05, 4.69) is 33.8 Å². The van der Waals surface area contributed by atoms with Crippen LogP contribution in [0.4, 0.5) is 0 Å². The molecule has 0 radical (unpaired) electrons. The number of ether oxygens (including phenoxy) is 2. The molecule has 1 saturated heterocycles. The first kappa shape index (κ1) is 24.1. The van der Waals surface area contributed by atoms with Gasteiger partial charge in [0.15, 0.2) is 5.96 Å². The van der Waals surface area contributed by atoms with Crippen LogP contribution in [0, 0.1) is 5.92 Å². The van der Waals surface area contributed by atoms with Crippen LogP contribution < -0.4 is 15.4 Å². The van der Waals surface area contributed by atoms with E-state index in [1.165, 1.54) is 12.8 Å². The molecule has 0 bridgehead atoms. The molecule has 2 N–H and O–H groups in total. The summed E-state index contributed by atoms with van der Waals surface area (Å²) in [4.78, 5) is 18.3. The van der Waals surface area contributed by atoms with Gasteiger partial charge in [-0.05, 0) is 38.2 Å². The molecular weight excluding hydrogens is 507 g/mol.